The van der Waals surface area contributed by atoms with Gasteiger partial charge >= 0.3 is 0 Å². The minimum Gasteiger partial charge on any atom is -0.381 e. The molecule has 1 rings (SSSR count). The maximum Gasteiger partial charge on any atom is 0.233 e. The van der Waals surface area contributed by atoms with E-state index in [-0.39, 0.29) is 12.5 Å². The SMILES string of the molecule is C#CCNCC(=O)NCC1CCCOC1. The predicted octanol–water partition coefficient (Wildman–Crippen LogP) is -0.248. The van der Waals surface area contributed by atoms with Gasteiger partial charge in [-0.25, -0.2) is 0 Å². The van der Waals surface area contributed by atoms with Crippen LogP contribution in [0.5, 0.6) is 0 Å². The van der Waals surface area contributed by atoms with Gasteiger partial charge in [0.05, 0.1) is 19.7 Å². The van der Waals surface area contributed by atoms with Gasteiger partial charge in [0.2, 0.25) is 5.91 Å². The molecule has 0 bridgehead atoms. The van der Waals surface area contributed by atoms with Gasteiger partial charge in [-0.2, -0.15) is 0 Å². The van der Waals surface area contributed by atoms with E-state index in [0.717, 1.165) is 26.1 Å². The third-order valence-electron chi connectivity index (χ3n) is 2.36. The summed E-state index contributed by atoms with van der Waals surface area (Å²) in [5.41, 5.74) is 0. The van der Waals surface area contributed by atoms with Crippen molar-refractivity contribution in [1.82, 2.24) is 10.6 Å². The molecule has 0 radical (unpaired) electrons. The van der Waals surface area contributed by atoms with E-state index in [1.807, 2.05) is 0 Å². The van der Waals surface area contributed by atoms with Gasteiger partial charge in [0, 0.05) is 13.2 Å². The summed E-state index contributed by atoms with van der Waals surface area (Å²) in [6, 6.07) is 0. The van der Waals surface area contributed by atoms with Crippen LogP contribution in [0.25, 0.3) is 0 Å². The summed E-state index contributed by atoms with van der Waals surface area (Å²) in [6.07, 6.45) is 7.27. The Morgan fingerprint density at radius 3 is 3.13 bits per heavy atom. The first kappa shape index (κ1) is 12.0. The fourth-order valence-corrected chi connectivity index (χ4v) is 1.54. The van der Waals surface area contributed by atoms with Gasteiger partial charge in [0.1, 0.15) is 0 Å². The third-order valence-corrected chi connectivity index (χ3v) is 2.36. The Balaban J connectivity index is 2.03. The molecule has 0 aromatic heterocycles. The van der Waals surface area contributed by atoms with Gasteiger partial charge in [-0.15, -0.1) is 6.42 Å². The van der Waals surface area contributed by atoms with E-state index in [1.165, 1.54) is 0 Å². The molecule has 0 aromatic rings. The lowest BCUT2D eigenvalue weighted by Gasteiger charge is -2.22. The molecule has 15 heavy (non-hydrogen) atoms. The maximum absolute atomic E-state index is 11.3. The molecule has 84 valence electrons. The zero-order valence-electron chi connectivity index (χ0n) is 8.92. The van der Waals surface area contributed by atoms with Crippen molar-refractivity contribution >= 4 is 5.91 Å². The van der Waals surface area contributed by atoms with Crippen LogP contribution in [0.15, 0.2) is 0 Å². The maximum atomic E-state index is 11.3. The minimum atomic E-state index is -0.00387. The zero-order chi connectivity index (χ0) is 10.9. The van der Waals surface area contributed by atoms with E-state index >= 15 is 0 Å². The van der Waals surface area contributed by atoms with Crippen LogP contribution >= 0.6 is 0 Å². The average Bonchev–Trinajstić information content (AvgIpc) is 2.28. The van der Waals surface area contributed by atoms with Crippen LogP contribution in [-0.4, -0.2) is 38.8 Å². The summed E-state index contributed by atoms with van der Waals surface area (Å²) < 4.78 is 5.32. The fourth-order valence-electron chi connectivity index (χ4n) is 1.54. The number of ether oxygens (including phenoxy) is 1. The lowest BCUT2D eigenvalue weighted by Crippen LogP contribution is -2.38. The molecular weight excluding hydrogens is 192 g/mol. The Labute approximate surface area is 90.8 Å². The van der Waals surface area contributed by atoms with Gasteiger partial charge < -0.3 is 10.1 Å². The van der Waals surface area contributed by atoms with E-state index in [9.17, 15) is 4.79 Å². The zero-order valence-corrected chi connectivity index (χ0v) is 8.92. The Bertz CT molecular complexity index is 229. The van der Waals surface area contributed by atoms with Crippen molar-refractivity contribution in [2.45, 2.75) is 12.8 Å². The van der Waals surface area contributed by atoms with Crippen molar-refractivity contribution in [1.29, 1.82) is 0 Å². The van der Waals surface area contributed by atoms with Crippen molar-refractivity contribution in [3.8, 4) is 12.3 Å². The second-order valence-corrected chi connectivity index (χ2v) is 3.69. The minimum absolute atomic E-state index is 0.00387. The monoisotopic (exact) mass is 210 g/mol. The van der Waals surface area contributed by atoms with Crippen molar-refractivity contribution in [2.75, 3.05) is 32.8 Å². The Hall–Kier alpha value is -1.05. The molecule has 1 aliphatic rings. The molecular formula is C11H18N2O2. The van der Waals surface area contributed by atoms with Crippen LogP contribution in [0, 0.1) is 18.3 Å². The first-order chi connectivity index (χ1) is 7.33. The van der Waals surface area contributed by atoms with Crippen molar-refractivity contribution in [2.24, 2.45) is 5.92 Å². The Morgan fingerprint density at radius 2 is 2.47 bits per heavy atom. The first-order valence-corrected chi connectivity index (χ1v) is 5.31. The number of carbonyl (C=O) groups is 1. The van der Waals surface area contributed by atoms with Crippen LogP contribution in [0.3, 0.4) is 0 Å². The molecule has 1 heterocycles. The van der Waals surface area contributed by atoms with Gasteiger partial charge in [-0.3, -0.25) is 10.1 Å². The van der Waals surface area contributed by atoms with Crippen LogP contribution in [0.2, 0.25) is 0 Å². The number of hydrogen-bond donors (Lipinski definition) is 2. The smallest absolute Gasteiger partial charge is 0.233 e. The highest BCUT2D eigenvalue weighted by Gasteiger charge is 2.14. The molecule has 1 saturated heterocycles. The van der Waals surface area contributed by atoms with Gasteiger partial charge in [0.25, 0.3) is 0 Å². The van der Waals surface area contributed by atoms with Crippen LogP contribution in [0.1, 0.15) is 12.8 Å². The highest BCUT2D eigenvalue weighted by molar-refractivity contribution is 5.77. The highest BCUT2D eigenvalue weighted by atomic mass is 16.5. The van der Waals surface area contributed by atoms with Gasteiger partial charge in [-0.1, -0.05) is 5.92 Å². The molecule has 0 saturated carbocycles. The number of rotatable bonds is 5. The molecule has 1 fully saturated rings. The molecule has 1 amide bonds. The third kappa shape index (κ3) is 5.40. The summed E-state index contributed by atoms with van der Waals surface area (Å²) in [5.74, 6) is 2.88. The first-order valence-electron chi connectivity index (χ1n) is 5.31. The molecule has 1 aliphatic heterocycles. The summed E-state index contributed by atoms with van der Waals surface area (Å²) in [4.78, 5) is 11.3. The Kier molecular flexibility index (Phi) is 5.83. The summed E-state index contributed by atoms with van der Waals surface area (Å²) in [6.45, 7) is 3.04. The molecule has 4 nitrogen and oxygen atoms in total. The fraction of sp³-hybridized carbons (Fsp3) is 0.727. The van der Waals surface area contributed by atoms with Crippen molar-refractivity contribution in [3.05, 3.63) is 0 Å². The van der Waals surface area contributed by atoms with E-state index in [1.54, 1.807) is 0 Å². The van der Waals surface area contributed by atoms with Crippen LogP contribution in [0.4, 0.5) is 0 Å². The van der Waals surface area contributed by atoms with Crippen LogP contribution in [-0.2, 0) is 9.53 Å². The quantitative estimate of drug-likeness (QED) is 0.486. The number of nitrogens with one attached hydrogen (secondary N) is 2. The molecule has 0 spiro atoms. The molecule has 1 unspecified atom stereocenters. The standard InChI is InChI=1S/C11H18N2O2/c1-2-5-12-8-11(14)13-7-10-4-3-6-15-9-10/h1,10,12H,3-9H2,(H,13,14). The normalized spacial score (nSPS) is 20.6. The summed E-state index contributed by atoms with van der Waals surface area (Å²) >= 11 is 0. The summed E-state index contributed by atoms with van der Waals surface area (Å²) in [7, 11) is 0. The molecule has 0 aliphatic carbocycles. The Morgan fingerprint density at radius 1 is 1.60 bits per heavy atom. The molecule has 0 aromatic carbocycles. The lowest BCUT2D eigenvalue weighted by molar-refractivity contribution is -0.120. The van der Waals surface area contributed by atoms with Gasteiger partial charge in [0.15, 0.2) is 0 Å². The molecule has 1 atom stereocenters. The van der Waals surface area contributed by atoms with Crippen LogP contribution < -0.4 is 10.6 Å². The average molecular weight is 210 g/mol. The molecule has 2 N–H and O–H groups in total. The van der Waals surface area contributed by atoms with E-state index < -0.39 is 0 Å². The highest BCUT2D eigenvalue weighted by Crippen LogP contribution is 2.11. The lowest BCUT2D eigenvalue weighted by atomic mass is 10.0. The van der Waals surface area contributed by atoms with E-state index in [2.05, 4.69) is 16.6 Å². The predicted molar refractivity (Wildman–Crippen MR) is 58.3 cm³/mol. The van der Waals surface area contributed by atoms with E-state index in [0.29, 0.717) is 19.0 Å². The number of terminal acetylenes is 1. The number of hydrogen-bond acceptors (Lipinski definition) is 3. The summed E-state index contributed by atoms with van der Waals surface area (Å²) in [5, 5.41) is 5.70. The number of carbonyl (C=O) groups excluding carboxylic acids is 1. The second kappa shape index (κ2) is 7.27. The van der Waals surface area contributed by atoms with Crippen molar-refractivity contribution in [3.63, 3.8) is 0 Å². The largest absolute Gasteiger partial charge is 0.381 e. The van der Waals surface area contributed by atoms with Crippen molar-refractivity contribution < 1.29 is 9.53 Å². The topological polar surface area (TPSA) is 50.4 Å². The number of amides is 1. The second-order valence-electron chi connectivity index (χ2n) is 3.69. The van der Waals surface area contributed by atoms with E-state index in [4.69, 9.17) is 11.2 Å². The molecule has 4 heteroatoms. The van der Waals surface area contributed by atoms with Gasteiger partial charge in [-0.05, 0) is 18.8 Å².